The topological polar surface area (TPSA) is 44.5 Å². The van der Waals surface area contributed by atoms with Crippen molar-refractivity contribution in [3.8, 4) is 0 Å². The average Bonchev–Trinajstić information content (AvgIpc) is 2.26. The van der Waals surface area contributed by atoms with Crippen LogP contribution in [0.2, 0.25) is 0 Å². The van der Waals surface area contributed by atoms with Gasteiger partial charge in [0.05, 0.1) is 13.2 Å². The Bertz CT molecular complexity index is 259. The largest absolute Gasteiger partial charge is 0.399 e. The molecule has 84 valence electrons. The molecule has 0 fully saturated rings. The molecule has 0 unspecified atom stereocenters. The summed E-state index contributed by atoms with van der Waals surface area (Å²) in [7, 11) is 1.68. The lowest BCUT2D eigenvalue weighted by Crippen LogP contribution is -2.03. The molecule has 0 radical (unpaired) electrons. The van der Waals surface area contributed by atoms with Gasteiger partial charge in [-0.1, -0.05) is 12.1 Å². The number of ether oxygens (including phenoxy) is 2. The zero-order valence-corrected chi connectivity index (χ0v) is 9.24. The Labute approximate surface area is 91.2 Å². The quantitative estimate of drug-likeness (QED) is 0.550. The second-order valence-electron chi connectivity index (χ2n) is 3.45. The predicted octanol–water partition coefficient (Wildman–Crippen LogP) is 1.86. The van der Waals surface area contributed by atoms with E-state index in [0.717, 1.165) is 25.1 Å². The van der Waals surface area contributed by atoms with Gasteiger partial charge in [0.1, 0.15) is 0 Å². The molecule has 0 saturated heterocycles. The molecule has 0 aromatic heterocycles. The van der Waals surface area contributed by atoms with Crippen LogP contribution in [-0.2, 0) is 15.9 Å². The molecule has 3 nitrogen and oxygen atoms in total. The first kappa shape index (κ1) is 12.0. The zero-order valence-electron chi connectivity index (χ0n) is 9.24. The van der Waals surface area contributed by atoms with Crippen molar-refractivity contribution in [2.75, 3.05) is 32.7 Å². The molecule has 15 heavy (non-hydrogen) atoms. The number of methoxy groups -OCH3 is 1. The summed E-state index contributed by atoms with van der Waals surface area (Å²) in [4.78, 5) is 0. The first-order chi connectivity index (χ1) is 7.33. The SMILES string of the molecule is COCCOCCCc1ccc(N)cc1. The van der Waals surface area contributed by atoms with Gasteiger partial charge in [0.15, 0.2) is 0 Å². The number of hydrogen-bond acceptors (Lipinski definition) is 3. The van der Waals surface area contributed by atoms with Crippen LogP contribution in [0.1, 0.15) is 12.0 Å². The van der Waals surface area contributed by atoms with Crippen LogP contribution >= 0.6 is 0 Å². The first-order valence-corrected chi connectivity index (χ1v) is 5.24. The van der Waals surface area contributed by atoms with Crippen LogP contribution in [-0.4, -0.2) is 26.9 Å². The third-order valence-electron chi connectivity index (χ3n) is 2.17. The molecule has 0 amide bonds. The van der Waals surface area contributed by atoms with E-state index in [4.69, 9.17) is 15.2 Å². The minimum Gasteiger partial charge on any atom is -0.399 e. The van der Waals surface area contributed by atoms with Crippen molar-refractivity contribution < 1.29 is 9.47 Å². The lowest BCUT2D eigenvalue weighted by atomic mass is 10.1. The molecule has 2 N–H and O–H groups in total. The van der Waals surface area contributed by atoms with E-state index in [1.807, 2.05) is 12.1 Å². The van der Waals surface area contributed by atoms with E-state index < -0.39 is 0 Å². The predicted molar refractivity (Wildman–Crippen MR) is 61.9 cm³/mol. The summed E-state index contributed by atoms with van der Waals surface area (Å²) in [6, 6.07) is 7.98. The van der Waals surface area contributed by atoms with Gasteiger partial charge in [-0.3, -0.25) is 0 Å². The molecular weight excluding hydrogens is 190 g/mol. The molecule has 0 aliphatic rings. The van der Waals surface area contributed by atoms with E-state index >= 15 is 0 Å². The van der Waals surface area contributed by atoms with Crippen molar-refractivity contribution in [2.45, 2.75) is 12.8 Å². The van der Waals surface area contributed by atoms with Gasteiger partial charge in [-0.25, -0.2) is 0 Å². The van der Waals surface area contributed by atoms with Gasteiger partial charge in [-0.15, -0.1) is 0 Å². The van der Waals surface area contributed by atoms with E-state index in [2.05, 4.69) is 12.1 Å². The average molecular weight is 209 g/mol. The molecule has 1 aromatic carbocycles. The molecule has 0 aliphatic carbocycles. The van der Waals surface area contributed by atoms with Crippen LogP contribution in [0.3, 0.4) is 0 Å². The van der Waals surface area contributed by atoms with Gasteiger partial charge in [-0.05, 0) is 30.5 Å². The van der Waals surface area contributed by atoms with Crippen LogP contribution < -0.4 is 5.73 Å². The van der Waals surface area contributed by atoms with Gasteiger partial charge in [0.2, 0.25) is 0 Å². The maximum absolute atomic E-state index is 5.60. The lowest BCUT2D eigenvalue weighted by Gasteiger charge is -2.04. The number of hydrogen-bond donors (Lipinski definition) is 1. The van der Waals surface area contributed by atoms with E-state index in [-0.39, 0.29) is 0 Å². The van der Waals surface area contributed by atoms with Crippen LogP contribution in [0.25, 0.3) is 0 Å². The van der Waals surface area contributed by atoms with Gasteiger partial charge in [0.25, 0.3) is 0 Å². The minimum atomic E-state index is 0.669. The molecule has 0 aliphatic heterocycles. The second-order valence-corrected chi connectivity index (χ2v) is 3.45. The van der Waals surface area contributed by atoms with Crippen LogP contribution in [0.5, 0.6) is 0 Å². The molecule has 0 heterocycles. The molecular formula is C12H19NO2. The fourth-order valence-electron chi connectivity index (χ4n) is 1.31. The fraction of sp³-hybridized carbons (Fsp3) is 0.500. The maximum atomic E-state index is 5.60. The van der Waals surface area contributed by atoms with E-state index in [1.165, 1.54) is 5.56 Å². The highest BCUT2D eigenvalue weighted by molar-refractivity contribution is 5.39. The molecule has 0 spiro atoms. The Morgan fingerprint density at radius 1 is 1.07 bits per heavy atom. The van der Waals surface area contributed by atoms with Gasteiger partial charge < -0.3 is 15.2 Å². The maximum Gasteiger partial charge on any atom is 0.0700 e. The number of benzene rings is 1. The monoisotopic (exact) mass is 209 g/mol. The summed E-state index contributed by atoms with van der Waals surface area (Å²) in [6.45, 7) is 2.13. The number of nitrogen functional groups attached to an aromatic ring is 1. The number of anilines is 1. The third kappa shape index (κ3) is 5.40. The van der Waals surface area contributed by atoms with E-state index in [0.29, 0.717) is 13.2 Å². The highest BCUT2D eigenvalue weighted by atomic mass is 16.5. The van der Waals surface area contributed by atoms with Crippen LogP contribution in [0.4, 0.5) is 5.69 Å². The summed E-state index contributed by atoms with van der Waals surface area (Å²) < 4.78 is 10.3. The highest BCUT2D eigenvalue weighted by Gasteiger charge is 1.93. The summed E-state index contributed by atoms with van der Waals surface area (Å²) in [5.41, 5.74) is 7.72. The molecule has 1 rings (SSSR count). The number of nitrogens with two attached hydrogens (primary N) is 1. The summed E-state index contributed by atoms with van der Waals surface area (Å²) in [5.74, 6) is 0. The third-order valence-corrected chi connectivity index (χ3v) is 2.17. The lowest BCUT2D eigenvalue weighted by molar-refractivity contribution is 0.0695. The Morgan fingerprint density at radius 3 is 2.47 bits per heavy atom. The smallest absolute Gasteiger partial charge is 0.0700 e. The second kappa shape index (κ2) is 7.26. The van der Waals surface area contributed by atoms with Crippen molar-refractivity contribution in [1.82, 2.24) is 0 Å². The normalized spacial score (nSPS) is 10.5. The molecule has 1 aromatic rings. The summed E-state index contributed by atoms with van der Waals surface area (Å²) in [5, 5.41) is 0. The molecule has 0 atom stereocenters. The Balaban J connectivity index is 2.07. The van der Waals surface area contributed by atoms with Crippen molar-refractivity contribution >= 4 is 5.69 Å². The van der Waals surface area contributed by atoms with Crippen molar-refractivity contribution in [2.24, 2.45) is 0 Å². The van der Waals surface area contributed by atoms with Gasteiger partial charge in [-0.2, -0.15) is 0 Å². The van der Waals surface area contributed by atoms with Crippen molar-refractivity contribution in [3.05, 3.63) is 29.8 Å². The molecule has 3 heteroatoms. The molecule has 0 saturated carbocycles. The van der Waals surface area contributed by atoms with E-state index in [1.54, 1.807) is 7.11 Å². The van der Waals surface area contributed by atoms with E-state index in [9.17, 15) is 0 Å². The molecule has 0 bridgehead atoms. The fourth-order valence-corrected chi connectivity index (χ4v) is 1.31. The van der Waals surface area contributed by atoms with Crippen molar-refractivity contribution in [1.29, 1.82) is 0 Å². The Kier molecular flexibility index (Phi) is 5.81. The number of rotatable bonds is 7. The summed E-state index contributed by atoms with van der Waals surface area (Å²) in [6.07, 6.45) is 2.07. The van der Waals surface area contributed by atoms with Crippen molar-refractivity contribution in [3.63, 3.8) is 0 Å². The van der Waals surface area contributed by atoms with Crippen LogP contribution in [0.15, 0.2) is 24.3 Å². The highest BCUT2D eigenvalue weighted by Crippen LogP contribution is 2.07. The van der Waals surface area contributed by atoms with Gasteiger partial charge in [0, 0.05) is 19.4 Å². The Hall–Kier alpha value is -1.06. The van der Waals surface area contributed by atoms with Crippen LogP contribution in [0, 0.1) is 0 Å². The van der Waals surface area contributed by atoms with Gasteiger partial charge >= 0.3 is 0 Å². The minimum absolute atomic E-state index is 0.669. The zero-order chi connectivity index (χ0) is 10.9. The standard InChI is InChI=1S/C12H19NO2/c1-14-9-10-15-8-2-3-11-4-6-12(13)7-5-11/h4-7H,2-3,8-10,13H2,1H3. The Morgan fingerprint density at radius 2 is 1.80 bits per heavy atom. The first-order valence-electron chi connectivity index (χ1n) is 5.24. The number of aryl methyl sites for hydroxylation is 1. The summed E-state index contributed by atoms with van der Waals surface area (Å²) >= 11 is 0.